The standard InChI is InChI=1S/C17H31NO5.Li/c1-4-7-8-9-10-11-12-18(13-19,14(5-2)16(20)21)15(6-3)17(22)23;/h8-9,14-15,19H,4-7,10-13H2,1-3H3,(H-,20,21,22,23);/q;+1/b9-8+;. The molecule has 0 saturated carbocycles. The van der Waals surface area contributed by atoms with Crippen LogP contribution in [0.3, 0.4) is 0 Å². The molecule has 0 aliphatic heterocycles. The van der Waals surface area contributed by atoms with Crippen molar-refractivity contribution in [3.05, 3.63) is 12.2 Å². The molecule has 3 unspecified atom stereocenters. The van der Waals surface area contributed by atoms with E-state index in [1.54, 1.807) is 13.8 Å². The van der Waals surface area contributed by atoms with Crippen LogP contribution in [0.4, 0.5) is 0 Å². The van der Waals surface area contributed by atoms with E-state index in [2.05, 4.69) is 13.0 Å². The fraction of sp³-hybridized carbons (Fsp3) is 0.765. The SMILES string of the molecule is CCC/C=C/CCC[N+](CO)(C(CC)C(=O)[O-])C(CC)C(=O)O.[Li+]. The van der Waals surface area contributed by atoms with E-state index in [4.69, 9.17) is 0 Å². The van der Waals surface area contributed by atoms with Crippen LogP contribution in [0.1, 0.15) is 59.3 Å². The molecule has 0 radical (unpaired) electrons. The van der Waals surface area contributed by atoms with Gasteiger partial charge in [0.1, 0.15) is 6.04 Å². The van der Waals surface area contributed by atoms with Gasteiger partial charge in [0.2, 0.25) is 0 Å². The summed E-state index contributed by atoms with van der Waals surface area (Å²) < 4.78 is -0.369. The van der Waals surface area contributed by atoms with Crippen LogP contribution >= 0.6 is 0 Å². The van der Waals surface area contributed by atoms with Crippen LogP contribution in [0, 0.1) is 0 Å². The van der Waals surface area contributed by atoms with Crippen LogP contribution in [0.2, 0.25) is 0 Å². The summed E-state index contributed by atoms with van der Waals surface area (Å²) in [4.78, 5) is 23.1. The van der Waals surface area contributed by atoms with E-state index in [0.717, 1.165) is 19.3 Å². The zero-order valence-electron chi connectivity index (χ0n) is 15.5. The van der Waals surface area contributed by atoms with Crippen molar-refractivity contribution >= 4 is 11.9 Å². The number of carbonyl (C=O) groups is 2. The van der Waals surface area contributed by atoms with Gasteiger partial charge in [0, 0.05) is 19.3 Å². The largest absolute Gasteiger partial charge is 1.00 e. The monoisotopic (exact) mass is 336 g/mol. The number of aliphatic carboxylic acids is 2. The molecule has 6 nitrogen and oxygen atoms in total. The molecule has 0 saturated heterocycles. The third-order valence-electron chi connectivity index (χ3n) is 4.40. The van der Waals surface area contributed by atoms with Crippen molar-refractivity contribution in [1.29, 1.82) is 0 Å². The van der Waals surface area contributed by atoms with Crippen molar-refractivity contribution in [1.82, 2.24) is 0 Å². The van der Waals surface area contributed by atoms with E-state index in [0.29, 0.717) is 13.0 Å². The summed E-state index contributed by atoms with van der Waals surface area (Å²) in [7, 11) is 0. The molecule has 0 rings (SSSR count). The number of nitrogens with zero attached hydrogens (tertiary/aromatic N) is 1. The molecule has 3 atom stereocenters. The summed E-state index contributed by atoms with van der Waals surface area (Å²) in [6, 6.07) is -1.98. The van der Waals surface area contributed by atoms with Crippen LogP contribution in [0.5, 0.6) is 0 Å². The Morgan fingerprint density at radius 3 is 2.00 bits per heavy atom. The molecule has 134 valence electrons. The zero-order valence-corrected chi connectivity index (χ0v) is 15.5. The van der Waals surface area contributed by atoms with Crippen molar-refractivity contribution in [2.24, 2.45) is 0 Å². The Morgan fingerprint density at radius 1 is 1.08 bits per heavy atom. The predicted octanol–water partition coefficient (Wildman–Crippen LogP) is -1.71. The Bertz CT molecular complexity index is 378. The third kappa shape index (κ3) is 6.98. The van der Waals surface area contributed by atoms with Crippen LogP contribution in [0.15, 0.2) is 12.2 Å². The number of hydrogen-bond acceptors (Lipinski definition) is 4. The maximum absolute atomic E-state index is 11.6. The minimum atomic E-state index is -1.30. The summed E-state index contributed by atoms with van der Waals surface area (Å²) in [6.45, 7) is 5.24. The third-order valence-corrected chi connectivity index (χ3v) is 4.40. The van der Waals surface area contributed by atoms with Gasteiger partial charge in [-0.15, -0.1) is 0 Å². The maximum atomic E-state index is 11.6. The van der Waals surface area contributed by atoms with E-state index in [9.17, 15) is 24.9 Å². The Morgan fingerprint density at radius 2 is 1.62 bits per heavy atom. The maximum Gasteiger partial charge on any atom is 1.00 e. The molecule has 0 aliphatic rings. The summed E-state index contributed by atoms with van der Waals surface area (Å²) >= 11 is 0. The molecule has 0 heterocycles. The molecule has 0 aromatic heterocycles. The molecule has 0 fully saturated rings. The molecule has 7 heteroatoms. The van der Waals surface area contributed by atoms with E-state index in [1.165, 1.54) is 0 Å². The second-order valence-electron chi connectivity index (χ2n) is 5.88. The molecule has 0 spiro atoms. The van der Waals surface area contributed by atoms with Gasteiger partial charge in [-0.2, -0.15) is 0 Å². The van der Waals surface area contributed by atoms with Gasteiger partial charge in [0.05, 0.1) is 12.5 Å². The molecule has 0 aromatic carbocycles. The van der Waals surface area contributed by atoms with Gasteiger partial charge in [-0.1, -0.05) is 39.3 Å². The number of carboxylic acids is 2. The average Bonchev–Trinajstić information content (AvgIpc) is 2.50. The second kappa shape index (κ2) is 13.5. The number of hydrogen-bond donors (Lipinski definition) is 2. The second-order valence-corrected chi connectivity index (χ2v) is 5.88. The Labute approximate surface area is 157 Å². The first-order valence-corrected chi connectivity index (χ1v) is 8.47. The smallest absolute Gasteiger partial charge is 0.544 e. The fourth-order valence-corrected chi connectivity index (χ4v) is 3.20. The van der Waals surface area contributed by atoms with Gasteiger partial charge in [0.15, 0.2) is 12.8 Å². The van der Waals surface area contributed by atoms with Crippen LogP contribution in [0.25, 0.3) is 0 Å². The first-order valence-electron chi connectivity index (χ1n) is 8.47. The number of aliphatic hydroxyl groups excluding tert-OH is 1. The van der Waals surface area contributed by atoms with E-state index in [-0.39, 0.29) is 36.2 Å². The minimum absolute atomic E-state index is 0. The van der Waals surface area contributed by atoms with Gasteiger partial charge in [-0.3, -0.25) is 4.48 Å². The summed E-state index contributed by atoms with van der Waals surface area (Å²) in [6.07, 6.45) is 7.98. The average molecular weight is 336 g/mol. The van der Waals surface area contributed by atoms with Gasteiger partial charge >= 0.3 is 24.8 Å². The normalized spacial score (nSPS) is 16.2. The number of rotatable bonds is 13. The Hall–Kier alpha value is -0.803. The van der Waals surface area contributed by atoms with Crippen LogP contribution in [-0.4, -0.2) is 52.0 Å². The minimum Gasteiger partial charge on any atom is -0.544 e. The van der Waals surface area contributed by atoms with Crippen LogP contribution in [-0.2, 0) is 9.59 Å². The molecular formula is C17H31LiNO5+. The molecular weight excluding hydrogens is 305 g/mol. The first-order chi connectivity index (χ1) is 10.9. The predicted molar refractivity (Wildman–Crippen MR) is 86.3 cm³/mol. The number of allylic oxidation sites excluding steroid dienone is 2. The van der Waals surface area contributed by atoms with E-state index >= 15 is 0 Å². The molecule has 2 N–H and O–H groups in total. The molecule has 0 amide bonds. The molecule has 0 aromatic rings. The molecule has 0 bridgehead atoms. The summed E-state index contributed by atoms with van der Waals surface area (Å²) in [5, 5.41) is 30.9. The Balaban J connectivity index is 0. The van der Waals surface area contributed by atoms with Gasteiger partial charge in [-0.05, 0) is 12.8 Å². The van der Waals surface area contributed by atoms with Gasteiger partial charge in [-0.25, -0.2) is 4.79 Å². The summed E-state index contributed by atoms with van der Waals surface area (Å²) in [5.41, 5.74) is 0. The van der Waals surface area contributed by atoms with Gasteiger partial charge < -0.3 is 20.1 Å². The van der Waals surface area contributed by atoms with Crippen molar-refractivity contribution in [2.45, 2.75) is 71.4 Å². The van der Waals surface area contributed by atoms with Gasteiger partial charge in [0.25, 0.3) is 0 Å². The quantitative estimate of drug-likeness (QED) is 0.137. The van der Waals surface area contributed by atoms with E-state index in [1.807, 2.05) is 6.08 Å². The zero-order chi connectivity index (χ0) is 17.9. The van der Waals surface area contributed by atoms with Crippen molar-refractivity contribution in [3.8, 4) is 0 Å². The van der Waals surface area contributed by atoms with Crippen molar-refractivity contribution < 1.29 is 48.3 Å². The van der Waals surface area contributed by atoms with Crippen LogP contribution < -0.4 is 24.0 Å². The Kier molecular flexibility index (Phi) is 14.3. The number of aliphatic hydroxyl groups is 1. The number of quaternary nitrogens is 1. The number of carboxylic acid groups (broad SMARTS) is 2. The number of unbranched alkanes of at least 4 members (excludes halogenated alkanes) is 2. The van der Waals surface area contributed by atoms with E-state index < -0.39 is 30.8 Å². The number of carbonyl (C=O) groups excluding carboxylic acids is 1. The topological polar surface area (TPSA) is 97.7 Å². The molecule has 24 heavy (non-hydrogen) atoms. The molecule has 0 aliphatic carbocycles. The summed E-state index contributed by atoms with van der Waals surface area (Å²) in [5.74, 6) is -2.38. The fourth-order valence-electron chi connectivity index (χ4n) is 3.20. The first kappa shape index (κ1) is 25.4. The van der Waals surface area contributed by atoms with Crippen molar-refractivity contribution in [2.75, 3.05) is 13.3 Å². The van der Waals surface area contributed by atoms with Crippen molar-refractivity contribution in [3.63, 3.8) is 0 Å².